The number of imide groups is 1. The van der Waals surface area contributed by atoms with Crippen molar-refractivity contribution in [2.24, 2.45) is 0 Å². The Morgan fingerprint density at radius 1 is 1.06 bits per heavy atom. The number of fused-ring (bicyclic) bond motifs is 1. The Bertz CT molecular complexity index is 1280. The molecule has 176 valence electrons. The van der Waals surface area contributed by atoms with E-state index >= 15 is 0 Å². The molecule has 2 aromatic carbocycles. The molecule has 0 spiro atoms. The summed E-state index contributed by atoms with van der Waals surface area (Å²) in [5.41, 5.74) is 1.54. The number of hydrogen-bond donors (Lipinski definition) is 3. The second-order valence-electron chi connectivity index (χ2n) is 8.12. The first-order valence-electron chi connectivity index (χ1n) is 11.1. The molecule has 3 N–H and O–H groups in total. The number of pyridine rings is 1. The van der Waals surface area contributed by atoms with Crippen molar-refractivity contribution in [2.75, 3.05) is 13.7 Å². The van der Waals surface area contributed by atoms with Crippen LogP contribution in [0, 0.1) is 0 Å². The molecule has 0 radical (unpaired) electrons. The number of methoxy groups -OCH3 is 1. The first-order chi connectivity index (χ1) is 16.4. The van der Waals surface area contributed by atoms with E-state index < -0.39 is 11.9 Å². The van der Waals surface area contributed by atoms with Crippen LogP contribution in [-0.4, -0.2) is 36.1 Å². The van der Waals surface area contributed by atoms with E-state index in [4.69, 9.17) is 4.74 Å². The van der Waals surface area contributed by atoms with Crippen LogP contribution in [0.15, 0.2) is 59.5 Å². The Hall–Kier alpha value is -4.14. The van der Waals surface area contributed by atoms with Gasteiger partial charge in [-0.1, -0.05) is 24.3 Å². The van der Waals surface area contributed by atoms with Gasteiger partial charge in [0, 0.05) is 31.1 Å². The molecule has 1 saturated heterocycles. The van der Waals surface area contributed by atoms with Gasteiger partial charge in [0.2, 0.25) is 11.8 Å². The van der Waals surface area contributed by atoms with Gasteiger partial charge in [0.1, 0.15) is 11.8 Å². The average Bonchev–Trinajstić information content (AvgIpc) is 2.84. The highest BCUT2D eigenvalue weighted by Gasteiger charge is 2.28. The van der Waals surface area contributed by atoms with E-state index in [-0.39, 0.29) is 36.9 Å². The van der Waals surface area contributed by atoms with E-state index in [0.29, 0.717) is 18.4 Å². The van der Waals surface area contributed by atoms with E-state index in [1.165, 1.54) is 4.57 Å². The van der Waals surface area contributed by atoms with Crippen molar-refractivity contribution in [2.45, 2.75) is 31.8 Å². The summed E-state index contributed by atoms with van der Waals surface area (Å²) in [5.74, 6) is -0.0127. The number of hydrogen-bond acceptors (Lipinski definition) is 5. The normalized spacial score (nSPS) is 15.6. The smallest absolute Gasteiger partial charge is 0.315 e. The first-order valence-corrected chi connectivity index (χ1v) is 11.1. The van der Waals surface area contributed by atoms with Gasteiger partial charge in [0.15, 0.2) is 0 Å². The highest BCUT2D eigenvalue weighted by Crippen LogP contribution is 2.19. The molecule has 1 fully saturated rings. The number of nitrogens with zero attached hydrogens (tertiary/aromatic N) is 1. The highest BCUT2D eigenvalue weighted by atomic mass is 16.5. The summed E-state index contributed by atoms with van der Waals surface area (Å²) < 4.78 is 6.50. The first kappa shape index (κ1) is 23.0. The monoisotopic (exact) mass is 462 g/mol. The Morgan fingerprint density at radius 2 is 1.82 bits per heavy atom. The molecule has 0 bridgehead atoms. The van der Waals surface area contributed by atoms with E-state index in [0.717, 1.165) is 22.3 Å². The molecular formula is C25H26N4O5. The van der Waals surface area contributed by atoms with Crippen LogP contribution >= 0.6 is 0 Å². The van der Waals surface area contributed by atoms with Crippen molar-refractivity contribution < 1.29 is 19.1 Å². The molecule has 1 unspecified atom stereocenters. The number of carbonyl (C=O) groups excluding carboxylic acids is 3. The maximum Gasteiger partial charge on any atom is 0.315 e. The number of urea groups is 1. The topological polar surface area (TPSA) is 119 Å². The van der Waals surface area contributed by atoms with Crippen molar-refractivity contribution in [1.82, 2.24) is 20.5 Å². The number of rotatable bonds is 7. The van der Waals surface area contributed by atoms with Gasteiger partial charge in [-0.25, -0.2) is 4.79 Å². The minimum Gasteiger partial charge on any atom is -0.497 e. The molecule has 1 atom stereocenters. The summed E-state index contributed by atoms with van der Waals surface area (Å²) in [4.78, 5) is 48.8. The van der Waals surface area contributed by atoms with Gasteiger partial charge in [-0.2, -0.15) is 0 Å². The van der Waals surface area contributed by atoms with E-state index in [9.17, 15) is 19.2 Å². The summed E-state index contributed by atoms with van der Waals surface area (Å²) in [6, 6.07) is 13.8. The third-order valence-electron chi connectivity index (χ3n) is 5.85. The summed E-state index contributed by atoms with van der Waals surface area (Å²) in [6.07, 6.45) is 2.75. The van der Waals surface area contributed by atoms with Gasteiger partial charge in [-0.15, -0.1) is 0 Å². The molecule has 9 heteroatoms. The lowest BCUT2D eigenvalue weighted by molar-refractivity contribution is -0.135. The zero-order valence-corrected chi connectivity index (χ0v) is 18.8. The maximum atomic E-state index is 13.1. The van der Waals surface area contributed by atoms with Crippen molar-refractivity contribution in [3.05, 3.63) is 76.2 Å². The van der Waals surface area contributed by atoms with Gasteiger partial charge in [-0.05, 0) is 53.6 Å². The number of ether oxygens (including phenoxy) is 1. The van der Waals surface area contributed by atoms with Gasteiger partial charge in [0.25, 0.3) is 5.56 Å². The van der Waals surface area contributed by atoms with Gasteiger partial charge < -0.3 is 19.9 Å². The summed E-state index contributed by atoms with van der Waals surface area (Å²) in [7, 11) is 1.62. The number of benzene rings is 2. The number of nitrogens with one attached hydrogen (secondary N) is 3. The molecule has 0 saturated carbocycles. The van der Waals surface area contributed by atoms with Crippen molar-refractivity contribution in [1.29, 1.82) is 0 Å². The maximum absolute atomic E-state index is 13.1. The van der Waals surface area contributed by atoms with Crippen LogP contribution in [0.3, 0.4) is 0 Å². The Kier molecular flexibility index (Phi) is 6.91. The van der Waals surface area contributed by atoms with Crippen LogP contribution in [-0.2, 0) is 22.6 Å². The second kappa shape index (κ2) is 10.2. The lowest BCUT2D eigenvalue weighted by atomic mass is 10.0. The molecule has 1 aromatic heterocycles. The predicted molar refractivity (Wildman–Crippen MR) is 127 cm³/mol. The third kappa shape index (κ3) is 5.25. The molecule has 34 heavy (non-hydrogen) atoms. The molecule has 4 rings (SSSR count). The Labute approximate surface area is 196 Å². The second-order valence-corrected chi connectivity index (χ2v) is 8.12. The lowest BCUT2D eigenvalue weighted by Crippen LogP contribution is -2.44. The largest absolute Gasteiger partial charge is 0.497 e. The SMILES string of the molecule is COc1ccc(CCNC(=O)NCc2ccc3ccn(C4CCC(=O)NC4=O)c(=O)c3c2)cc1. The van der Waals surface area contributed by atoms with Crippen LogP contribution in [0.2, 0.25) is 0 Å². The zero-order chi connectivity index (χ0) is 24.1. The predicted octanol–water partition coefficient (Wildman–Crippen LogP) is 2.03. The van der Waals surface area contributed by atoms with Gasteiger partial charge in [0.05, 0.1) is 7.11 Å². The molecule has 9 nitrogen and oxygen atoms in total. The van der Waals surface area contributed by atoms with E-state index in [1.54, 1.807) is 25.4 Å². The zero-order valence-electron chi connectivity index (χ0n) is 18.8. The molecule has 3 aromatic rings. The van der Waals surface area contributed by atoms with Crippen LogP contribution in [0.1, 0.15) is 30.0 Å². The Balaban J connectivity index is 1.36. The quantitative estimate of drug-likeness (QED) is 0.465. The fourth-order valence-corrected chi connectivity index (χ4v) is 3.96. The van der Waals surface area contributed by atoms with Crippen molar-refractivity contribution in [3.63, 3.8) is 0 Å². The highest BCUT2D eigenvalue weighted by molar-refractivity contribution is 5.99. The summed E-state index contributed by atoms with van der Waals surface area (Å²) in [6.45, 7) is 0.726. The minimum absolute atomic E-state index is 0.193. The molecule has 2 heterocycles. The average molecular weight is 463 g/mol. The summed E-state index contributed by atoms with van der Waals surface area (Å²) in [5, 5.41) is 9.09. The van der Waals surface area contributed by atoms with E-state index in [2.05, 4.69) is 16.0 Å². The number of carbonyl (C=O) groups is 3. The van der Waals surface area contributed by atoms with Gasteiger partial charge >= 0.3 is 6.03 Å². The number of amides is 4. The van der Waals surface area contributed by atoms with Crippen LogP contribution in [0.25, 0.3) is 10.8 Å². The van der Waals surface area contributed by atoms with Crippen LogP contribution in [0.5, 0.6) is 5.75 Å². The molecular weight excluding hydrogens is 436 g/mol. The molecule has 1 aliphatic heterocycles. The molecule has 0 aliphatic carbocycles. The molecule has 4 amide bonds. The number of piperidine rings is 1. The fourth-order valence-electron chi connectivity index (χ4n) is 3.96. The van der Waals surface area contributed by atoms with Crippen molar-refractivity contribution >= 4 is 28.6 Å². The van der Waals surface area contributed by atoms with Crippen LogP contribution in [0.4, 0.5) is 4.79 Å². The fraction of sp³-hybridized carbons (Fsp3) is 0.280. The molecule has 1 aliphatic rings. The van der Waals surface area contributed by atoms with Crippen LogP contribution < -0.4 is 26.2 Å². The number of aromatic nitrogens is 1. The standard InChI is InChI=1S/C25H26N4O5/c1-34-19-6-3-16(4-7-19)10-12-26-25(33)27-15-17-2-5-18-11-13-29(24(32)20(18)14-17)21-8-9-22(30)28-23(21)31/h2-7,11,13-14,21H,8-10,12,15H2,1H3,(H2,26,27,33)(H,28,30,31). The van der Waals surface area contributed by atoms with Crippen molar-refractivity contribution in [3.8, 4) is 5.75 Å². The Morgan fingerprint density at radius 3 is 2.56 bits per heavy atom. The minimum atomic E-state index is -0.715. The third-order valence-corrected chi connectivity index (χ3v) is 5.85. The summed E-state index contributed by atoms with van der Waals surface area (Å²) >= 11 is 0. The van der Waals surface area contributed by atoms with Gasteiger partial charge in [-0.3, -0.25) is 19.7 Å². The van der Waals surface area contributed by atoms with E-state index in [1.807, 2.05) is 36.4 Å². The lowest BCUT2D eigenvalue weighted by Gasteiger charge is -2.23.